The van der Waals surface area contributed by atoms with Crippen molar-refractivity contribution in [1.29, 1.82) is 0 Å². The predicted octanol–water partition coefficient (Wildman–Crippen LogP) is 6.91. The van der Waals surface area contributed by atoms with E-state index in [-0.39, 0.29) is 30.3 Å². The van der Waals surface area contributed by atoms with Crippen LogP contribution in [0, 0.1) is 12.3 Å². The molecular weight excluding hydrogens is 594 g/mol. The number of aliphatic hydroxyl groups excluding tert-OH is 1. The summed E-state index contributed by atoms with van der Waals surface area (Å²) in [4.78, 5) is 31.2. The molecule has 4 rings (SSSR count). The largest absolute Gasteiger partial charge is 0.417 e. The molecule has 0 aliphatic heterocycles. The maximum atomic E-state index is 13.6. The maximum Gasteiger partial charge on any atom is 0.417 e. The standard InChI is InChI=1S/C29H29ClF3N5O3.ClH/c1-16-21(30)10-7-11-22(16)36-26(41)19-12-17(35-25(40)18-8-5-6-9-20(18)29(31,32)33)13-23-24(19)37-27(38(23)4)34-14-28(2,3)15-39;/h5-13,39H,14-15H2,1-4H3,(H,34,37)(H,35,40)(H,36,41);1H. The highest BCUT2D eigenvalue weighted by molar-refractivity contribution is 6.31. The number of imidazole rings is 1. The van der Waals surface area contributed by atoms with Crippen LogP contribution in [0.5, 0.6) is 0 Å². The summed E-state index contributed by atoms with van der Waals surface area (Å²) in [5.74, 6) is -1.16. The Bertz CT molecular complexity index is 1640. The van der Waals surface area contributed by atoms with E-state index in [1.807, 2.05) is 13.8 Å². The number of rotatable bonds is 8. The molecule has 2 amide bonds. The number of fused-ring (bicyclic) bond motifs is 1. The minimum atomic E-state index is -4.73. The zero-order chi connectivity index (χ0) is 30.1. The SMILES string of the molecule is Cc1c(Cl)cccc1NC(=O)c1cc(NC(=O)c2ccccc2C(F)(F)F)cc2c1nc(NCC(C)(C)CO)n2C.Cl. The second-order valence-corrected chi connectivity index (χ2v) is 10.8. The van der Waals surface area contributed by atoms with Crippen LogP contribution in [0.2, 0.25) is 5.02 Å². The lowest BCUT2D eigenvalue weighted by Gasteiger charge is -2.22. The summed E-state index contributed by atoms with van der Waals surface area (Å²) in [6.07, 6.45) is -4.73. The van der Waals surface area contributed by atoms with Crippen LogP contribution >= 0.6 is 24.0 Å². The lowest BCUT2D eigenvalue weighted by atomic mass is 9.95. The number of aliphatic hydroxyl groups is 1. The average molecular weight is 624 g/mol. The molecule has 4 N–H and O–H groups in total. The minimum absolute atomic E-state index is 0. The summed E-state index contributed by atoms with van der Waals surface area (Å²) in [5.41, 5.74) is -0.0978. The fraction of sp³-hybridized carbons (Fsp3) is 0.276. The van der Waals surface area contributed by atoms with Gasteiger partial charge in [-0.15, -0.1) is 12.4 Å². The maximum absolute atomic E-state index is 13.6. The van der Waals surface area contributed by atoms with Gasteiger partial charge in [0.05, 0.1) is 22.2 Å². The van der Waals surface area contributed by atoms with Gasteiger partial charge >= 0.3 is 6.18 Å². The van der Waals surface area contributed by atoms with Gasteiger partial charge in [0.25, 0.3) is 11.8 Å². The number of hydrogen-bond acceptors (Lipinski definition) is 5. The zero-order valence-electron chi connectivity index (χ0n) is 23.2. The van der Waals surface area contributed by atoms with Crippen molar-refractivity contribution < 1.29 is 27.9 Å². The number of anilines is 3. The van der Waals surface area contributed by atoms with Crippen LogP contribution in [0.15, 0.2) is 54.6 Å². The first kappa shape index (κ1) is 32.7. The normalized spacial score (nSPS) is 11.6. The van der Waals surface area contributed by atoms with Crippen molar-refractivity contribution in [3.05, 3.63) is 81.9 Å². The molecule has 0 unspecified atom stereocenters. The van der Waals surface area contributed by atoms with Crippen molar-refractivity contribution in [2.45, 2.75) is 26.9 Å². The summed E-state index contributed by atoms with van der Waals surface area (Å²) in [7, 11) is 1.69. The number of amides is 2. The van der Waals surface area contributed by atoms with Crippen LogP contribution in [0.3, 0.4) is 0 Å². The number of aromatic nitrogens is 2. The molecule has 4 aromatic rings. The van der Waals surface area contributed by atoms with E-state index in [9.17, 15) is 27.9 Å². The molecule has 42 heavy (non-hydrogen) atoms. The van der Waals surface area contributed by atoms with Crippen molar-refractivity contribution in [1.82, 2.24) is 9.55 Å². The third-order valence-corrected chi connectivity index (χ3v) is 7.04. The van der Waals surface area contributed by atoms with E-state index in [0.29, 0.717) is 39.8 Å². The first-order chi connectivity index (χ1) is 19.2. The molecule has 0 saturated heterocycles. The molecule has 0 spiro atoms. The Morgan fingerprint density at radius 3 is 2.33 bits per heavy atom. The number of hydrogen-bond donors (Lipinski definition) is 4. The number of nitrogens with one attached hydrogen (secondary N) is 3. The number of alkyl halides is 3. The van der Waals surface area contributed by atoms with Crippen molar-refractivity contribution in [2.75, 3.05) is 29.1 Å². The molecule has 0 aliphatic rings. The summed E-state index contributed by atoms with van der Waals surface area (Å²) < 4.78 is 42.3. The number of aryl methyl sites for hydroxylation is 1. The highest BCUT2D eigenvalue weighted by Crippen LogP contribution is 2.33. The topological polar surface area (TPSA) is 108 Å². The Labute approximate surface area is 251 Å². The lowest BCUT2D eigenvalue weighted by molar-refractivity contribution is -0.137. The molecule has 1 heterocycles. The van der Waals surface area contributed by atoms with E-state index < -0.39 is 34.5 Å². The summed E-state index contributed by atoms with van der Waals surface area (Å²) in [6.45, 7) is 5.75. The van der Waals surface area contributed by atoms with Crippen molar-refractivity contribution in [3.8, 4) is 0 Å². The summed E-state index contributed by atoms with van der Waals surface area (Å²) in [5, 5.41) is 18.6. The van der Waals surface area contributed by atoms with Gasteiger partial charge < -0.3 is 25.6 Å². The highest BCUT2D eigenvalue weighted by Gasteiger charge is 2.35. The molecule has 0 radical (unpaired) electrons. The second-order valence-electron chi connectivity index (χ2n) is 10.4. The Morgan fingerprint density at radius 2 is 1.67 bits per heavy atom. The minimum Gasteiger partial charge on any atom is -0.396 e. The molecule has 0 saturated carbocycles. The van der Waals surface area contributed by atoms with Gasteiger partial charge in [0.2, 0.25) is 5.95 Å². The molecule has 0 aliphatic carbocycles. The van der Waals surface area contributed by atoms with Crippen LogP contribution in [0.1, 0.15) is 45.7 Å². The molecular formula is C29H30Cl2F3N5O3. The van der Waals surface area contributed by atoms with Crippen LogP contribution in [-0.2, 0) is 13.2 Å². The van der Waals surface area contributed by atoms with Gasteiger partial charge in [-0.05, 0) is 48.9 Å². The Morgan fingerprint density at radius 1 is 1.00 bits per heavy atom. The van der Waals surface area contributed by atoms with Crippen molar-refractivity contribution in [3.63, 3.8) is 0 Å². The average Bonchev–Trinajstić information content (AvgIpc) is 3.24. The van der Waals surface area contributed by atoms with Crippen molar-refractivity contribution >= 4 is 64.2 Å². The van der Waals surface area contributed by atoms with Gasteiger partial charge in [-0.3, -0.25) is 9.59 Å². The Balaban J connectivity index is 0.00000484. The second kappa shape index (κ2) is 12.6. The fourth-order valence-corrected chi connectivity index (χ4v) is 4.30. The van der Waals surface area contributed by atoms with E-state index in [4.69, 9.17) is 11.6 Å². The number of carbonyl (C=O) groups excluding carboxylic acids is 2. The molecule has 13 heteroatoms. The van der Waals surface area contributed by atoms with Gasteiger partial charge in [-0.1, -0.05) is 43.6 Å². The number of halogens is 5. The number of carbonyl (C=O) groups is 2. The first-order valence-corrected chi connectivity index (χ1v) is 13.0. The van der Waals surface area contributed by atoms with Crippen LogP contribution < -0.4 is 16.0 Å². The fourth-order valence-electron chi connectivity index (χ4n) is 4.12. The summed E-state index contributed by atoms with van der Waals surface area (Å²) in [6, 6.07) is 12.4. The molecule has 0 fully saturated rings. The van der Waals surface area contributed by atoms with Crippen molar-refractivity contribution in [2.24, 2.45) is 12.5 Å². The molecule has 0 atom stereocenters. The smallest absolute Gasteiger partial charge is 0.396 e. The first-order valence-electron chi connectivity index (χ1n) is 12.6. The quantitative estimate of drug-likeness (QED) is 0.170. The van der Waals surface area contributed by atoms with E-state index in [1.54, 1.807) is 36.7 Å². The van der Waals surface area contributed by atoms with Gasteiger partial charge in [-0.2, -0.15) is 13.2 Å². The number of nitrogens with zero attached hydrogens (tertiary/aromatic N) is 2. The number of benzene rings is 3. The molecule has 1 aromatic heterocycles. The third kappa shape index (κ3) is 6.97. The van der Waals surface area contributed by atoms with Gasteiger partial charge in [0.1, 0.15) is 5.52 Å². The highest BCUT2D eigenvalue weighted by atomic mass is 35.5. The molecule has 0 bridgehead atoms. The van der Waals surface area contributed by atoms with Crippen LogP contribution in [0.25, 0.3) is 11.0 Å². The zero-order valence-corrected chi connectivity index (χ0v) is 24.8. The Kier molecular flexibility index (Phi) is 9.81. The Hall–Kier alpha value is -3.80. The van der Waals surface area contributed by atoms with Gasteiger partial charge in [0, 0.05) is 42.0 Å². The third-order valence-electron chi connectivity index (χ3n) is 6.64. The van der Waals surface area contributed by atoms with E-state index >= 15 is 0 Å². The molecule has 8 nitrogen and oxygen atoms in total. The molecule has 224 valence electrons. The van der Waals surface area contributed by atoms with Crippen LogP contribution in [-0.4, -0.2) is 39.6 Å². The van der Waals surface area contributed by atoms with E-state index in [0.717, 1.165) is 12.1 Å². The van der Waals surface area contributed by atoms with E-state index in [1.165, 1.54) is 24.3 Å². The van der Waals surface area contributed by atoms with Gasteiger partial charge in [0.15, 0.2) is 0 Å². The molecule has 3 aromatic carbocycles. The predicted molar refractivity (Wildman–Crippen MR) is 161 cm³/mol. The monoisotopic (exact) mass is 623 g/mol. The van der Waals surface area contributed by atoms with Gasteiger partial charge in [-0.25, -0.2) is 4.98 Å². The summed E-state index contributed by atoms with van der Waals surface area (Å²) >= 11 is 6.21. The van der Waals surface area contributed by atoms with Crippen LogP contribution in [0.4, 0.5) is 30.5 Å². The lowest BCUT2D eigenvalue weighted by Crippen LogP contribution is -2.27. The van der Waals surface area contributed by atoms with E-state index in [2.05, 4.69) is 20.9 Å².